The minimum atomic E-state index is -1.04. The molecule has 1 amide bonds. The molecule has 0 aliphatic carbocycles. The smallest absolute Gasteiger partial charge is 0.326 e. The van der Waals surface area contributed by atoms with Gasteiger partial charge < -0.3 is 10.0 Å². The Morgan fingerprint density at radius 1 is 1.44 bits per heavy atom. The number of nitrogens with zero attached hydrogens (tertiary/aromatic N) is 1. The van der Waals surface area contributed by atoms with Crippen LogP contribution in [-0.4, -0.2) is 35.0 Å². The van der Waals surface area contributed by atoms with Crippen LogP contribution in [0.2, 0.25) is 0 Å². The van der Waals surface area contributed by atoms with Gasteiger partial charge in [0.15, 0.2) is 0 Å². The molecule has 0 spiro atoms. The molecular weight excluding hydrogens is 237 g/mol. The summed E-state index contributed by atoms with van der Waals surface area (Å²) in [5.41, 5.74) is 0.722. The molecule has 0 heterocycles. The topological polar surface area (TPSA) is 57.6 Å². The molecule has 0 radical (unpaired) electrons. The standard InChI is InChI=1S/C13H16FNO3/c1-9(13(17)18)15(2)12(16)7-6-10-4-3-5-11(14)8-10/h3-5,8-9H,6-7H2,1-2H3,(H,17,18). The van der Waals surface area contributed by atoms with Crippen LogP contribution in [-0.2, 0) is 16.0 Å². The van der Waals surface area contributed by atoms with Crippen molar-refractivity contribution in [1.82, 2.24) is 4.90 Å². The van der Waals surface area contributed by atoms with Crippen LogP contribution in [0, 0.1) is 5.82 Å². The van der Waals surface area contributed by atoms with Crippen LogP contribution in [0.25, 0.3) is 0 Å². The number of aryl methyl sites for hydroxylation is 1. The molecule has 0 saturated carbocycles. The van der Waals surface area contributed by atoms with E-state index in [0.717, 1.165) is 5.56 Å². The van der Waals surface area contributed by atoms with Gasteiger partial charge in [-0.3, -0.25) is 4.79 Å². The zero-order chi connectivity index (χ0) is 13.7. The third-order valence-electron chi connectivity index (χ3n) is 2.85. The SMILES string of the molecule is CC(C(=O)O)N(C)C(=O)CCc1cccc(F)c1. The first-order valence-corrected chi connectivity index (χ1v) is 5.64. The third kappa shape index (κ3) is 3.84. The molecule has 0 bridgehead atoms. The lowest BCUT2D eigenvalue weighted by Gasteiger charge is -2.21. The lowest BCUT2D eigenvalue weighted by molar-refractivity contribution is -0.148. The predicted molar refractivity (Wildman–Crippen MR) is 64.6 cm³/mol. The number of halogens is 1. The second-order valence-electron chi connectivity index (χ2n) is 4.15. The molecule has 1 N–H and O–H groups in total. The van der Waals surface area contributed by atoms with Crippen molar-refractivity contribution < 1.29 is 19.1 Å². The van der Waals surface area contributed by atoms with E-state index >= 15 is 0 Å². The highest BCUT2D eigenvalue weighted by Crippen LogP contribution is 2.08. The molecular formula is C13H16FNO3. The van der Waals surface area contributed by atoms with Crippen LogP contribution in [0.1, 0.15) is 18.9 Å². The summed E-state index contributed by atoms with van der Waals surface area (Å²) in [5.74, 6) is -1.65. The van der Waals surface area contributed by atoms with Gasteiger partial charge in [0.1, 0.15) is 11.9 Å². The second kappa shape index (κ2) is 6.14. The summed E-state index contributed by atoms with van der Waals surface area (Å²) in [4.78, 5) is 23.6. The van der Waals surface area contributed by atoms with Crippen LogP contribution < -0.4 is 0 Å². The Hall–Kier alpha value is -1.91. The van der Waals surface area contributed by atoms with Crippen molar-refractivity contribution in [2.75, 3.05) is 7.05 Å². The van der Waals surface area contributed by atoms with Gasteiger partial charge in [0.2, 0.25) is 5.91 Å². The second-order valence-corrected chi connectivity index (χ2v) is 4.15. The molecule has 1 rings (SSSR count). The van der Waals surface area contributed by atoms with Crippen molar-refractivity contribution in [3.8, 4) is 0 Å². The fourth-order valence-corrected chi connectivity index (χ4v) is 1.50. The maximum atomic E-state index is 12.9. The highest BCUT2D eigenvalue weighted by molar-refractivity contribution is 5.83. The fraction of sp³-hybridized carbons (Fsp3) is 0.385. The third-order valence-corrected chi connectivity index (χ3v) is 2.85. The molecule has 5 heteroatoms. The van der Waals surface area contributed by atoms with Crippen molar-refractivity contribution in [3.63, 3.8) is 0 Å². The molecule has 0 saturated heterocycles. The molecule has 1 atom stereocenters. The summed E-state index contributed by atoms with van der Waals surface area (Å²) in [6, 6.07) is 5.16. The van der Waals surface area contributed by atoms with Crippen LogP contribution >= 0.6 is 0 Å². The summed E-state index contributed by atoms with van der Waals surface area (Å²) < 4.78 is 12.9. The zero-order valence-electron chi connectivity index (χ0n) is 10.4. The Morgan fingerprint density at radius 3 is 2.67 bits per heavy atom. The minimum Gasteiger partial charge on any atom is -0.480 e. The molecule has 0 fully saturated rings. The normalized spacial score (nSPS) is 11.9. The fourth-order valence-electron chi connectivity index (χ4n) is 1.50. The van der Waals surface area contributed by atoms with E-state index in [-0.39, 0.29) is 18.1 Å². The summed E-state index contributed by atoms with van der Waals surface area (Å²) in [6.45, 7) is 1.45. The lowest BCUT2D eigenvalue weighted by Crippen LogP contribution is -2.40. The number of rotatable bonds is 5. The largest absolute Gasteiger partial charge is 0.480 e. The first-order chi connectivity index (χ1) is 8.41. The van der Waals surface area contributed by atoms with Crippen molar-refractivity contribution >= 4 is 11.9 Å². The molecule has 0 aliphatic rings. The van der Waals surface area contributed by atoms with E-state index in [2.05, 4.69) is 0 Å². The number of aliphatic carboxylic acids is 1. The number of amides is 1. The van der Waals surface area contributed by atoms with E-state index in [4.69, 9.17) is 5.11 Å². The molecule has 0 aromatic heterocycles. The Kier molecular flexibility index (Phi) is 4.83. The van der Waals surface area contributed by atoms with Gasteiger partial charge in [-0.15, -0.1) is 0 Å². The van der Waals surface area contributed by atoms with E-state index in [1.54, 1.807) is 12.1 Å². The highest BCUT2D eigenvalue weighted by atomic mass is 19.1. The number of carbonyl (C=O) groups excluding carboxylic acids is 1. The maximum absolute atomic E-state index is 12.9. The number of hydrogen-bond acceptors (Lipinski definition) is 2. The number of likely N-dealkylation sites (N-methyl/N-ethyl adjacent to an activating group) is 1. The van der Waals surface area contributed by atoms with Crippen LogP contribution in [0.4, 0.5) is 4.39 Å². The Bertz CT molecular complexity index is 448. The van der Waals surface area contributed by atoms with Crippen molar-refractivity contribution in [2.45, 2.75) is 25.8 Å². The average Bonchev–Trinajstić information content (AvgIpc) is 2.34. The summed E-state index contributed by atoms with van der Waals surface area (Å²) in [6.07, 6.45) is 0.560. The van der Waals surface area contributed by atoms with E-state index < -0.39 is 12.0 Å². The van der Waals surface area contributed by atoms with Gasteiger partial charge in [-0.05, 0) is 31.0 Å². The number of hydrogen-bond donors (Lipinski definition) is 1. The van der Waals surface area contributed by atoms with Gasteiger partial charge in [-0.1, -0.05) is 12.1 Å². The molecule has 1 aromatic carbocycles. The number of carbonyl (C=O) groups is 2. The first kappa shape index (κ1) is 14.2. The number of carboxylic acid groups (broad SMARTS) is 1. The van der Waals surface area contributed by atoms with Gasteiger partial charge in [-0.2, -0.15) is 0 Å². The Morgan fingerprint density at radius 2 is 2.11 bits per heavy atom. The van der Waals surface area contributed by atoms with Crippen molar-refractivity contribution in [1.29, 1.82) is 0 Å². The van der Waals surface area contributed by atoms with E-state index in [9.17, 15) is 14.0 Å². The van der Waals surface area contributed by atoms with E-state index in [1.165, 1.54) is 31.0 Å². The molecule has 1 unspecified atom stereocenters. The quantitative estimate of drug-likeness (QED) is 0.868. The van der Waals surface area contributed by atoms with Crippen molar-refractivity contribution in [2.24, 2.45) is 0 Å². The molecule has 18 heavy (non-hydrogen) atoms. The summed E-state index contributed by atoms with van der Waals surface area (Å²) in [7, 11) is 1.45. The lowest BCUT2D eigenvalue weighted by atomic mass is 10.1. The molecule has 4 nitrogen and oxygen atoms in total. The van der Waals surface area contributed by atoms with Crippen molar-refractivity contribution in [3.05, 3.63) is 35.6 Å². The van der Waals surface area contributed by atoms with Crippen LogP contribution in [0.5, 0.6) is 0 Å². The van der Waals surface area contributed by atoms with Gasteiger partial charge in [-0.25, -0.2) is 9.18 Å². The summed E-state index contributed by atoms with van der Waals surface area (Å²) in [5, 5.41) is 8.78. The predicted octanol–water partition coefficient (Wildman–Crippen LogP) is 1.69. The van der Waals surface area contributed by atoms with Gasteiger partial charge in [0, 0.05) is 13.5 Å². The zero-order valence-corrected chi connectivity index (χ0v) is 10.4. The molecule has 0 aliphatic heterocycles. The van der Waals surface area contributed by atoms with Gasteiger partial charge in [0.25, 0.3) is 0 Å². The van der Waals surface area contributed by atoms with E-state index in [1.807, 2.05) is 0 Å². The highest BCUT2D eigenvalue weighted by Gasteiger charge is 2.21. The van der Waals surface area contributed by atoms with Crippen LogP contribution in [0.15, 0.2) is 24.3 Å². The van der Waals surface area contributed by atoms with Gasteiger partial charge >= 0.3 is 5.97 Å². The molecule has 98 valence electrons. The average molecular weight is 253 g/mol. The monoisotopic (exact) mass is 253 g/mol. The number of carboxylic acids is 1. The minimum absolute atomic E-state index is 0.164. The molecule has 1 aromatic rings. The first-order valence-electron chi connectivity index (χ1n) is 5.64. The summed E-state index contributed by atoms with van der Waals surface area (Å²) >= 11 is 0. The number of benzene rings is 1. The Balaban J connectivity index is 2.53. The van der Waals surface area contributed by atoms with E-state index in [0.29, 0.717) is 6.42 Å². The van der Waals surface area contributed by atoms with Gasteiger partial charge in [0.05, 0.1) is 0 Å². The Labute approximate surface area is 105 Å². The van der Waals surface area contributed by atoms with Crippen LogP contribution in [0.3, 0.4) is 0 Å². The maximum Gasteiger partial charge on any atom is 0.326 e.